The molecule has 2 atom stereocenters. The third-order valence-electron chi connectivity index (χ3n) is 2.84. The summed E-state index contributed by atoms with van der Waals surface area (Å²) >= 11 is 0. The SMILES string of the molecule is O=C(N[C@@H](CO)C(=O)O)c1cccnc1C(=O)N[C@H](CO)C(=O)O. The summed E-state index contributed by atoms with van der Waals surface area (Å²) in [4.78, 5) is 49.4. The van der Waals surface area contributed by atoms with E-state index in [1.54, 1.807) is 0 Å². The molecule has 0 aliphatic carbocycles. The normalized spacial score (nSPS) is 12.8. The van der Waals surface area contributed by atoms with E-state index in [4.69, 9.17) is 20.4 Å². The van der Waals surface area contributed by atoms with Crippen molar-refractivity contribution in [1.82, 2.24) is 15.6 Å². The number of carbonyl (C=O) groups is 4. The van der Waals surface area contributed by atoms with Gasteiger partial charge in [-0.2, -0.15) is 0 Å². The van der Waals surface area contributed by atoms with Crippen LogP contribution in [-0.4, -0.2) is 74.5 Å². The van der Waals surface area contributed by atoms with Gasteiger partial charge in [0.1, 0.15) is 5.69 Å². The molecular formula is C13H15N3O8. The summed E-state index contributed by atoms with van der Waals surface area (Å²) in [6, 6.07) is -0.707. The van der Waals surface area contributed by atoms with Gasteiger partial charge in [-0.05, 0) is 12.1 Å². The highest BCUT2D eigenvalue weighted by molar-refractivity contribution is 6.07. The third kappa shape index (κ3) is 4.72. The summed E-state index contributed by atoms with van der Waals surface area (Å²) < 4.78 is 0. The van der Waals surface area contributed by atoms with Gasteiger partial charge in [0.25, 0.3) is 11.8 Å². The van der Waals surface area contributed by atoms with Crippen LogP contribution in [0, 0.1) is 0 Å². The van der Waals surface area contributed by atoms with Gasteiger partial charge in [0, 0.05) is 6.20 Å². The van der Waals surface area contributed by atoms with Gasteiger partial charge in [-0.25, -0.2) is 9.59 Å². The van der Waals surface area contributed by atoms with Gasteiger partial charge in [-0.3, -0.25) is 14.6 Å². The Morgan fingerprint density at radius 3 is 1.92 bits per heavy atom. The predicted molar refractivity (Wildman–Crippen MR) is 76.2 cm³/mol. The monoisotopic (exact) mass is 341 g/mol. The quantitative estimate of drug-likeness (QED) is 0.295. The highest BCUT2D eigenvalue weighted by Crippen LogP contribution is 2.06. The first-order chi connectivity index (χ1) is 11.3. The first-order valence-corrected chi connectivity index (χ1v) is 6.55. The van der Waals surface area contributed by atoms with Crippen LogP contribution in [0.4, 0.5) is 0 Å². The molecule has 0 aliphatic rings. The molecule has 0 bridgehead atoms. The molecular weight excluding hydrogens is 326 g/mol. The number of aliphatic hydroxyl groups excluding tert-OH is 2. The molecule has 0 radical (unpaired) electrons. The van der Waals surface area contributed by atoms with Crippen molar-refractivity contribution < 1.29 is 39.6 Å². The van der Waals surface area contributed by atoms with Crippen molar-refractivity contribution in [2.75, 3.05) is 13.2 Å². The number of amides is 2. The highest BCUT2D eigenvalue weighted by atomic mass is 16.4. The predicted octanol–water partition coefficient (Wildman–Crippen LogP) is -2.57. The van der Waals surface area contributed by atoms with Gasteiger partial charge < -0.3 is 31.1 Å². The Morgan fingerprint density at radius 2 is 1.46 bits per heavy atom. The number of hydrogen-bond donors (Lipinski definition) is 6. The molecule has 130 valence electrons. The lowest BCUT2D eigenvalue weighted by atomic mass is 10.1. The van der Waals surface area contributed by atoms with Crippen LogP contribution in [-0.2, 0) is 9.59 Å². The van der Waals surface area contributed by atoms with Crippen molar-refractivity contribution in [3.63, 3.8) is 0 Å². The summed E-state index contributed by atoms with van der Waals surface area (Å²) in [5.74, 6) is -5.00. The average molecular weight is 341 g/mol. The molecule has 6 N–H and O–H groups in total. The van der Waals surface area contributed by atoms with E-state index in [0.29, 0.717) is 0 Å². The molecule has 0 saturated heterocycles. The lowest BCUT2D eigenvalue weighted by Crippen LogP contribution is -2.46. The highest BCUT2D eigenvalue weighted by Gasteiger charge is 2.26. The number of hydrogen-bond acceptors (Lipinski definition) is 7. The number of carbonyl (C=O) groups excluding carboxylic acids is 2. The summed E-state index contributed by atoms with van der Waals surface area (Å²) in [6.45, 7) is -1.74. The zero-order valence-corrected chi connectivity index (χ0v) is 12.2. The van der Waals surface area contributed by atoms with Crippen LogP contribution >= 0.6 is 0 Å². The van der Waals surface area contributed by atoms with Gasteiger partial charge in [0.15, 0.2) is 12.1 Å². The molecule has 1 aromatic rings. The van der Waals surface area contributed by atoms with E-state index in [0.717, 1.165) is 0 Å². The van der Waals surface area contributed by atoms with E-state index in [-0.39, 0.29) is 5.56 Å². The van der Waals surface area contributed by atoms with Crippen LogP contribution in [0.25, 0.3) is 0 Å². The zero-order valence-electron chi connectivity index (χ0n) is 12.2. The second-order valence-corrected chi connectivity index (χ2v) is 4.49. The van der Waals surface area contributed by atoms with E-state index < -0.39 is 54.7 Å². The Morgan fingerprint density at radius 1 is 0.958 bits per heavy atom. The second kappa shape index (κ2) is 8.55. The smallest absolute Gasteiger partial charge is 0.328 e. The third-order valence-corrected chi connectivity index (χ3v) is 2.84. The minimum atomic E-state index is -1.60. The number of rotatable bonds is 8. The molecule has 0 aromatic carbocycles. The number of nitrogens with zero attached hydrogens (tertiary/aromatic N) is 1. The summed E-state index contributed by atoms with van der Waals surface area (Å²) in [5, 5.41) is 39.3. The minimum Gasteiger partial charge on any atom is -0.480 e. The second-order valence-electron chi connectivity index (χ2n) is 4.49. The van der Waals surface area contributed by atoms with Gasteiger partial charge in [0.2, 0.25) is 0 Å². The largest absolute Gasteiger partial charge is 0.480 e. The molecule has 1 rings (SSSR count). The van der Waals surface area contributed by atoms with Crippen LogP contribution in [0.3, 0.4) is 0 Å². The van der Waals surface area contributed by atoms with Crippen LogP contribution in [0.1, 0.15) is 20.8 Å². The molecule has 0 fully saturated rings. The van der Waals surface area contributed by atoms with E-state index >= 15 is 0 Å². The number of carboxylic acid groups (broad SMARTS) is 2. The topological polar surface area (TPSA) is 186 Å². The van der Waals surface area contributed by atoms with Crippen LogP contribution in [0.15, 0.2) is 18.3 Å². The maximum absolute atomic E-state index is 12.1. The average Bonchev–Trinajstić information content (AvgIpc) is 2.56. The molecule has 11 nitrogen and oxygen atoms in total. The summed E-state index contributed by atoms with van der Waals surface area (Å²) in [5.41, 5.74) is -0.784. The molecule has 11 heteroatoms. The molecule has 0 unspecified atom stereocenters. The van der Waals surface area contributed by atoms with Crippen molar-refractivity contribution in [1.29, 1.82) is 0 Å². The van der Waals surface area contributed by atoms with Crippen LogP contribution < -0.4 is 10.6 Å². The number of nitrogens with one attached hydrogen (secondary N) is 2. The van der Waals surface area contributed by atoms with E-state index in [1.807, 2.05) is 10.6 Å². The van der Waals surface area contributed by atoms with Gasteiger partial charge in [-0.1, -0.05) is 0 Å². The van der Waals surface area contributed by atoms with Gasteiger partial charge in [0.05, 0.1) is 18.8 Å². The fraction of sp³-hybridized carbons (Fsp3) is 0.308. The van der Waals surface area contributed by atoms with Crippen LogP contribution in [0.5, 0.6) is 0 Å². The van der Waals surface area contributed by atoms with Crippen molar-refractivity contribution in [2.24, 2.45) is 0 Å². The Kier molecular flexibility index (Phi) is 6.77. The molecule has 2 amide bonds. The first-order valence-electron chi connectivity index (χ1n) is 6.55. The molecule has 1 aromatic heterocycles. The Labute approximate surface area is 134 Å². The first kappa shape index (κ1) is 19.0. The number of aliphatic carboxylic acids is 2. The fourth-order valence-electron chi connectivity index (χ4n) is 1.60. The molecule has 0 spiro atoms. The van der Waals surface area contributed by atoms with Crippen molar-refractivity contribution in [3.05, 3.63) is 29.6 Å². The molecule has 1 heterocycles. The lowest BCUT2D eigenvalue weighted by molar-refractivity contribution is -0.141. The van der Waals surface area contributed by atoms with Crippen molar-refractivity contribution >= 4 is 23.8 Å². The van der Waals surface area contributed by atoms with E-state index in [1.165, 1.54) is 18.3 Å². The van der Waals surface area contributed by atoms with Crippen molar-refractivity contribution in [3.8, 4) is 0 Å². The molecule has 24 heavy (non-hydrogen) atoms. The van der Waals surface area contributed by atoms with Gasteiger partial charge >= 0.3 is 11.9 Å². The van der Waals surface area contributed by atoms with Crippen LogP contribution in [0.2, 0.25) is 0 Å². The Bertz CT molecular complexity index is 593. The maximum Gasteiger partial charge on any atom is 0.328 e. The Hall–Kier alpha value is -3.05. The van der Waals surface area contributed by atoms with E-state index in [9.17, 15) is 19.2 Å². The Balaban J connectivity index is 3.03. The molecule has 0 aliphatic heterocycles. The van der Waals surface area contributed by atoms with E-state index in [2.05, 4.69) is 4.98 Å². The number of pyridine rings is 1. The maximum atomic E-state index is 12.1. The van der Waals surface area contributed by atoms with Gasteiger partial charge in [-0.15, -0.1) is 0 Å². The number of aromatic nitrogens is 1. The fourth-order valence-corrected chi connectivity index (χ4v) is 1.60. The zero-order chi connectivity index (χ0) is 18.3. The standard InChI is InChI=1S/C13H15N3O8/c17-4-7(12(21)22)15-10(19)6-2-1-3-14-9(6)11(20)16-8(5-18)13(23)24/h1-3,7-8,17-18H,4-5H2,(H,15,19)(H,16,20)(H,21,22)(H,23,24)/t7-,8+/m0/s1. The lowest BCUT2D eigenvalue weighted by Gasteiger charge is -2.15. The molecule has 0 saturated carbocycles. The summed E-state index contributed by atoms with van der Waals surface area (Å²) in [7, 11) is 0. The van der Waals surface area contributed by atoms with Crippen molar-refractivity contribution in [2.45, 2.75) is 12.1 Å². The number of carboxylic acids is 2. The number of aliphatic hydroxyl groups is 2. The summed E-state index contributed by atoms with van der Waals surface area (Å²) in [6.07, 6.45) is 1.17. The minimum absolute atomic E-state index is 0.322.